The number of cyclic esters (lactones) is 1. The number of carbonyl (C=O) groups is 6. The Bertz CT molecular complexity index is 3900. The van der Waals surface area contributed by atoms with E-state index in [1.54, 1.807) is 111 Å². The maximum Gasteiger partial charge on any atom is 0.410 e. The summed E-state index contributed by atoms with van der Waals surface area (Å²) >= 11 is 0. The van der Waals surface area contributed by atoms with Gasteiger partial charge in [0.05, 0.1) is 72.3 Å². The van der Waals surface area contributed by atoms with E-state index >= 15 is 4.39 Å². The first-order valence-corrected chi connectivity index (χ1v) is 38.6. The summed E-state index contributed by atoms with van der Waals surface area (Å²) in [4.78, 5) is 81.0. The van der Waals surface area contributed by atoms with Crippen molar-refractivity contribution in [3.63, 3.8) is 0 Å². The molecule has 4 amide bonds. The summed E-state index contributed by atoms with van der Waals surface area (Å²) in [5.74, 6) is -2.08. The van der Waals surface area contributed by atoms with Crippen LogP contribution in [0.3, 0.4) is 0 Å². The molecule has 46 heteroatoms. The van der Waals surface area contributed by atoms with Crippen LogP contribution in [0.5, 0.6) is 0 Å². The zero-order chi connectivity index (χ0) is 86.7. The molecule has 16 unspecified atom stereocenters. The van der Waals surface area contributed by atoms with Crippen LogP contribution in [0.25, 0.3) is 0 Å². The average Bonchev–Trinajstić information content (AvgIpc) is 1.59. The van der Waals surface area contributed by atoms with Gasteiger partial charge in [0.2, 0.25) is 0 Å². The lowest BCUT2D eigenvalue weighted by molar-refractivity contribution is -0.695. The molecule has 20 N–H and O–H groups in total. The third kappa shape index (κ3) is 23.8. The van der Waals surface area contributed by atoms with E-state index in [0.29, 0.717) is 16.7 Å². The number of nitrogens with zero attached hydrogens (tertiary/aromatic N) is 1. The summed E-state index contributed by atoms with van der Waals surface area (Å²) in [6.45, 7) is 0.979. The number of alkyl halides is 2. The van der Waals surface area contributed by atoms with Crippen molar-refractivity contribution in [1.29, 1.82) is 0 Å². The lowest BCUT2D eigenvalue weighted by atomic mass is 9.83. The Hall–Kier alpha value is -8.36. The van der Waals surface area contributed by atoms with Crippen LogP contribution in [-0.4, -0.2) is 300 Å². The number of fused-ring (bicyclic) bond motifs is 5. The molecule has 0 aromatic heterocycles. The number of rotatable bonds is 23. The Kier molecular flexibility index (Phi) is 34.2. The molecule has 8 saturated heterocycles. The highest BCUT2D eigenvalue weighted by Gasteiger charge is 2.62. The van der Waals surface area contributed by atoms with Crippen molar-refractivity contribution in [3.8, 4) is 0 Å². The molecule has 0 bridgehead atoms. The fraction of sp³-hybridized carbons (Fsp3) is 0.600. The summed E-state index contributed by atoms with van der Waals surface area (Å²) in [5, 5.41) is 93.3. The Morgan fingerprint density at radius 2 is 1.10 bits per heavy atom. The van der Waals surface area contributed by atoms with Crippen LogP contribution in [0.1, 0.15) is 77.3 Å². The minimum Gasteiger partial charge on any atom is -0.456 e. The summed E-state index contributed by atoms with van der Waals surface area (Å²) in [5.41, 5.74) is 25.6. The molecule has 2 saturated carbocycles. The van der Waals surface area contributed by atoms with E-state index in [2.05, 4.69) is 46.5 Å². The highest BCUT2D eigenvalue weighted by atomic mass is 19.1. The number of halogens is 2. The number of hydrogen-bond donors (Lipinski definition) is 16. The Balaban J connectivity index is 0.000000263. The van der Waals surface area contributed by atoms with Crippen LogP contribution < -0.4 is 44.2 Å². The van der Waals surface area contributed by atoms with Crippen LogP contribution in [0.4, 0.5) is 28.0 Å². The minimum absolute atomic E-state index is 0.0413. The second kappa shape index (κ2) is 44.3. The summed E-state index contributed by atoms with van der Waals surface area (Å²) in [6.07, 6.45) is -28.6. The standard InChI is InChI=1S/C54H57FN4O17.C21H40FN5O9.H2O5.H2O4/c1-29-23-37-45(46-42(59(2)54(65)76-46)50(71-37)72-39-25-36(41-38(69-39)28-68-53(64)58-41)70-47(60)32-19-11-5-12-20-32)75-49(29)74-44-35(57-52(63)67-27-31-17-9-4-10-18-31)24-34(56-51(62)66-26-30-15-7-3-8-16-30)43(40(44)55)73-48(61)33-21-13-6-14-22-33;1-27-15-17(31)19-10(33-21(15)34-12-4-9(29)14(26)11(5-28)32-12)3-8(25)20(36-19)35-18-7(24)2-6(23)16(30)13(18)22;1-3-5-4-2;1-3-4-2/h3-22,29,34-46,49-50H,23-28H2,1-2H3,(H,56,62)(H,57,63)(H,58,64);6-21,27-31H,2-5,23-26H2,1H3;1-2H;1-2H/t29?,34-,35?,36-,37+,38?,39-,40-,41+,42?,43?,44-,45?,46?,49+,50?;6-,7?,8?,9-,10+,11?,12-,13-,14+,15?,16?,17?,18-,19?,20+,21?;;/m11../s1. The van der Waals surface area contributed by atoms with Crippen LogP contribution in [0.15, 0.2) is 121 Å². The van der Waals surface area contributed by atoms with Gasteiger partial charge in [-0.25, -0.2) is 58.6 Å². The number of benzene rings is 4. The molecule has 0 spiro atoms. The molecule has 44 nitrogen and oxygen atoms in total. The number of nitrogens with two attached hydrogens (primary N) is 4. The number of hydrogen-bond acceptors (Lipinski definition) is 40. The Morgan fingerprint density at radius 1 is 0.554 bits per heavy atom. The number of carbonyl (C=O) groups excluding carboxylic acids is 6. The summed E-state index contributed by atoms with van der Waals surface area (Å²) in [6, 6.07) is 26.0. The van der Waals surface area contributed by atoms with Crippen molar-refractivity contribution >= 4 is 36.3 Å². The first-order valence-electron chi connectivity index (χ1n) is 38.6. The van der Waals surface area contributed by atoms with E-state index in [9.17, 15) is 53.6 Å². The monoisotopic (exact) mass is 1730 g/mol. The maximum absolute atomic E-state index is 17.8. The molecule has 4 aromatic rings. The van der Waals surface area contributed by atoms with Gasteiger partial charge in [-0.2, -0.15) is 0 Å². The smallest absolute Gasteiger partial charge is 0.410 e. The third-order valence-corrected chi connectivity index (χ3v) is 21.9. The molecular weight excluding hydrogens is 1620 g/mol. The summed E-state index contributed by atoms with van der Waals surface area (Å²) in [7, 11) is 3.10. The molecule has 121 heavy (non-hydrogen) atoms. The van der Waals surface area contributed by atoms with Crippen LogP contribution in [-0.2, 0) is 114 Å². The van der Waals surface area contributed by atoms with Crippen LogP contribution in [0, 0.1) is 5.92 Å². The normalized spacial score (nSPS) is 37.1. The van der Waals surface area contributed by atoms with Crippen LogP contribution >= 0.6 is 0 Å². The van der Waals surface area contributed by atoms with Gasteiger partial charge in [0.25, 0.3) is 0 Å². The van der Waals surface area contributed by atoms with Crippen molar-refractivity contribution in [2.24, 2.45) is 28.9 Å². The number of nitrogens with one attached hydrogen (secondary N) is 4. The van der Waals surface area contributed by atoms with Crippen molar-refractivity contribution in [1.82, 2.24) is 26.2 Å². The number of aliphatic hydroxyl groups excluding tert-OH is 4. The molecule has 2 aliphatic carbocycles. The van der Waals surface area contributed by atoms with Gasteiger partial charge in [0.15, 0.2) is 62.3 Å². The molecule has 0 radical (unpaired) electrons. The minimum atomic E-state index is -2.23. The number of amides is 4. The quantitative estimate of drug-likeness (QED) is 0.0207. The van der Waals surface area contributed by atoms with E-state index in [0.717, 1.165) is 0 Å². The van der Waals surface area contributed by atoms with E-state index in [-0.39, 0.29) is 63.9 Å². The second-order valence-corrected chi connectivity index (χ2v) is 29.9. The predicted octanol–water partition coefficient (Wildman–Crippen LogP) is 0.440. The zero-order valence-corrected chi connectivity index (χ0v) is 65.2. The molecule has 8 aliphatic heterocycles. The summed E-state index contributed by atoms with van der Waals surface area (Å²) < 4.78 is 129. The topological polar surface area (TPSA) is 614 Å². The second-order valence-electron chi connectivity index (χ2n) is 29.9. The largest absolute Gasteiger partial charge is 0.456 e. The molecule has 670 valence electrons. The van der Waals surface area contributed by atoms with Crippen molar-refractivity contribution in [2.45, 2.75) is 249 Å². The molecule has 32 atom stereocenters. The Labute approximate surface area is 688 Å². The number of likely N-dealkylation sites (N-methyl/N-ethyl adjacent to an activating group) is 2. The van der Waals surface area contributed by atoms with Gasteiger partial charge in [0.1, 0.15) is 80.8 Å². The van der Waals surface area contributed by atoms with Gasteiger partial charge >= 0.3 is 36.3 Å². The maximum atomic E-state index is 17.8. The molecule has 10 aliphatic rings. The third-order valence-electron chi connectivity index (χ3n) is 21.9. The van der Waals surface area contributed by atoms with Crippen LogP contribution in [0.2, 0.25) is 0 Å². The van der Waals surface area contributed by atoms with E-state index in [1.807, 2.05) is 12.1 Å². The lowest BCUT2D eigenvalue weighted by Crippen LogP contribution is -2.69. The first-order chi connectivity index (χ1) is 58.2. The van der Waals surface area contributed by atoms with Gasteiger partial charge in [-0.3, -0.25) is 4.90 Å². The highest BCUT2D eigenvalue weighted by molar-refractivity contribution is 5.90. The average molecular weight is 1730 g/mol. The fourth-order valence-corrected chi connectivity index (χ4v) is 15.8. The molecule has 4 aromatic carbocycles. The highest BCUT2D eigenvalue weighted by Crippen LogP contribution is 2.44. The number of aliphatic hydroxyl groups is 4. The van der Waals surface area contributed by atoms with E-state index in [1.165, 1.54) is 24.1 Å². The molecule has 14 rings (SSSR count). The molecule has 8 heterocycles. The van der Waals surface area contributed by atoms with E-state index < -0.39 is 239 Å². The van der Waals surface area contributed by atoms with Crippen molar-refractivity contribution < 1.29 is 180 Å². The zero-order valence-electron chi connectivity index (χ0n) is 65.2. The van der Waals surface area contributed by atoms with Gasteiger partial charge in [0, 0.05) is 37.9 Å². The predicted molar refractivity (Wildman–Crippen MR) is 395 cm³/mol. The van der Waals surface area contributed by atoms with E-state index in [4.69, 9.17) is 120 Å². The fourth-order valence-electron chi connectivity index (χ4n) is 15.8. The van der Waals surface area contributed by atoms with Gasteiger partial charge < -0.3 is 140 Å². The number of esters is 2. The van der Waals surface area contributed by atoms with Crippen molar-refractivity contribution in [3.05, 3.63) is 144 Å². The van der Waals surface area contributed by atoms with Gasteiger partial charge in [-0.05, 0) is 93.3 Å². The first kappa shape index (κ1) is 93.3. The SMILES string of the molecule is CC1C[C@@H]2OC(O[C@@H]3C[C@@H](OC(=O)c4ccccc4)[C@@H]4NC(=O)OCC4O3)C3C(OC(=O)N3C)C2O[C@@H]1O[C@@H]1C(NC(=O)OCc2ccccc2)C[C@@H](NC(=O)OCc2ccccc2)C(OC(=O)c2ccccc2)[C@H]1F.CNC1C(O[C@@H]2C[C@@H](O)[C@H](N)C(CO)O2)O[C@H]2CC(N)[C@@H](O[C@@H]3C(N)C[C@@H](N)C(O)[C@H]3F)OC2C1O.OOOO.OOOOO. The lowest BCUT2D eigenvalue weighted by Gasteiger charge is -2.51. The number of alkyl carbamates (subject to hydrolysis) is 3. The Morgan fingerprint density at radius 3 is 1.68 bits per heavy atom. The van der Waals surface area contributed by atoms with Gasteiger partial charge in [-0.15, -0.1) is 0 Å². The molecule has 10 fully saturated rings. The van der Waals surface area contributed by atoms with Gasteiger partial charge in [-0.1, -0.05) is 104 Å². The number of ether oxygens (including phenoxy) is 16. The van der Waals surface area contributed by atoms with Crippen molar-refractivity contribution in [2.75, 3.05) is 27.3 Å². The molecular formula is C75H101F2N9O35.